The van der Waals surface area contributed by atoms with Crippen LogP contribution in [0.15, 0.2) is 11.8 Å². The SMILES string of the molecule is CCN(CC)C1=CC1. The van der Waals surface area contributed by atoms with E-state index in [9.17, 15) is 0 Å². The summed E-state index contributed by atoms with van der Waals surface area (Å²) in [4.78, 5) is 2.39. The molecular weight excluding hydrogens is 98.1 g/mol. The van der Waals surface area contributed by atoms with Crippen molar-refractivity contribution in [1.82, 2.24) is 4.90 Å². The normalized spacial score (nSPS) is 15.5. The first-order valence-electron chi connectivity index (χ1n) is 3.32. The van der Waals surface area contributed by atoms with Crippen molar-refractivity contribution >= 4 is 0 Å². The van der Waals surface area contributed by atoms with Crippen LogP contribution in [0.4, 0.5) is 0 Å². The zero-order valence-electron chi connectivity index (χ0n) is 5.65. The van der Waals surface area contributed by atoms with E-state index in [0.29, 0.717) is 0 Å². The van der Waals surface area contributed by atoms with E-state index in [1.807, 2.05) is 0 Å². The van der Waals surface area contributed by atoms with Crippen LogP contribution in [0.2, 0.25) is 0 Å². The molecule has 0 fully saturated rings. The average Bonchev–Trinajstić information content (AvgIpc) is 2.53. The molecule has 0 radical (unpaired) electrons. The zero-order chi connectivity index (χ0) is 5.98. The largest absolute Gasteiger partial charge is 0.375 e. The summed E-state index contributed by atoms with van der Waals surface area (Å²) in [5, 5.41) is 0. The molecule has 0 aromatic heterocycles. The molecule has 0 aliphatic heterocycles. The van der Waals surface area contributed by atoms with Crippen LogP contribution in [0.5, 0.6) is 0 Å². The van der Waals surface area contributed by atoms with Gasteiger partial charge in [-0.1, -0.05) is 6.08 Å². The number of hydrogen-bond donors (Lipinski definition) is 0. The molecule has 46 valence electrons. The van der Waals surface area contributed by atoms with Gasteiger partial charge in [0.05, 0.1) is 0 Å². The number of rotatable bonds is 3. The summed E-state index contributed by atoms with van der Waals surface area (Å²) >= 11 is 0. The molecule has 0 amide bonds. The molecule has 8 heavy (non-hydrogen) atoms. The minimum Gasteiger partial charge on any atom is -0.375 e. The van der Waals surface area contributed by atoms with Gasteiger partial charge in [0.1, 0.15) is 0 Å². The lowest BCUT2D eigenvalue weighted by molar-refractivity contribution is 0.396. The Labute approximate surface area is 51.0 Å². The molecule has 0 saturated heterocycles. The Balaban J connectivity index is 2.26. The molecule has 1 nitrogen and oxygen atoms in total. The summed E-state index contributed by atoms with van der Waals surface area (Å²) in [5.74, 6) is 0. The molecule has 1 aliphatic carbocycles. The summed E-state index contributed by atoms with van der Waals surface area (Å²) in [7, 11) is 0. The lowest BCUT2D eigenvalue weighted by atomic mass is 10.5. The smallest absolute Gasteiger partial charge is 0.0146 e. The second kappa shape index (κ2) is 2.21. The van der Waals surface area contributed by atoms with Crippen LogP contribution in [-0.4, -0.2) is 18.0 Å². The molecule has 0 atom stereocenters. The highest BCUT2D eigenvalue weighted by Crippen LogP contribution is 2.21. The number of nitrogens with zero attached hydrogens (tertiary/aromatic N) is 1. The van der Waals surface area contributed by atoms with Crippen LogP contribution in [-0.2, 0) is 0 Å². The van der Waals surface area contributed by atoms with Gasteiger partial charge in [0.25, 0.3) is 0 Å². The Morgan fingerprint density at radius 2 is 2.00 bits per heavy atom. The summed E-state index contributed by atoms with van der Waals surface area (Å²) in [5.41, 5.74) is 1.54. The third kappa shape index (κ3) is 1.03. The van der Waals surface area contributed by atoms with Crippen molar-refractivity contribution in [1.29, 1.82) is 0 Å². The third-order valence-electron chi connectivity index (χ3n) is 1.56. The van der Waals surface area contributed by atoms with Crippen molar-refractivity contribution in [2.75, 3.05) is 13.1 Å². The molecule has 0 bridgehead atoms. The topological polar surface area (TPSA) is 3.24 Å². The molecule has 0 N–H and O–H groups in total. The standard InChI is InChI=1S/C7H13N/c1-3-8(4-2)7-5-6-7/h5H,3-4,6H2,1-2H3. The van der Waals surface area contributed by atoms with Crippen molar-refractivity contribution in [3.63, 3.8) is 0 Å². The highest BCUT2D eigenvalue weighted by molar-refractivity contribution is 5.19. The maximum Gasteiger partial charge on any atom is 0.0146 e. The molecule has 0 aromatic carbocycles. The number of hydrogen-bond acceptors (Lipinski definition) is 1. The minimum absolute atomic E-state index is 1.17. The van der Waals surface area contributed by atoms with Crippen LogP contribution in [0.3, 0.4) is 0 Å². The van der Waals surface area contributed by atoms with Gasteiger partial charge in [-0.2, -0.15) is 0 Å². The fraction of sp³-hybridized carbons (Fsp3) is 0.714. The Kier molecular flexibility index (Phi) is 1.56. The summed E-state index contributed by atoms with van der Waals surface area (Å²) in [6, 6.07) is 0. The van der Waals surface area contributed by atoms with Crippen LogP contribution in [0.1, 0.15) is 20.3 Å². The van der Waals surface area contributed by atoms with Gasteiger partial charge < -0.3 is 4.90 Å². The predicted molar refractivity (Wildman–Crippen MR) is 35.6 cm³/mol. The van der Waals surface area contributed by atoms with Crippen LogP contribution in [0, 0.1) is 0 Å². The van der Waals surface area contributed by atoms with E-state index >= 15 is 0 Å². The first-order valence-corrected chi connectivity index (χ1v) is 3.32. The van der Waals surface area contributed by atoms with E-state index in [1.165, 1.54) is 25.2 Å². The highest BCUT2D eigenvalue weighted by Gasteiger charge is 2.11. The third-order valence-corrected chi connectivity index (χ3v) is 1.56. The summed E-state index contributed by atoms with van der Waals surface area (Å²) in [6.45, 7) is 6.73. The second-order valence-electron chi connectivity index (χ2n) is 2.07. The van der Waals surface area contributed by atoms with Gasteiger partial charge in [0, 0.05) is 25.2 Å². The molecule has 0 spiro atoms. The quantitative estimate of drug-likeness (QED) is 0.535. The van der Waals surface area contributed by atoms with Gasteiger partial charge in [-0.25, -0.2) is 0 Å². The molecule has 1 aliphatic rings. The lowest BCUT2D eigenvalue weighted by Crippen LogP contribution is -2.17. The van der Waals surface area contributed by atoms with Crippen LogP contribution < -0.4 is 0 Å². The Bertz CT molecular complexity index is 101. The first kappa shape index (κ1) is 5.67. The van der Waals surface area contributed by atoms with Gasteiger partial charge in [-0.15, -0.1) is 0 Å². The van der Waals surface area contributed by atoms with Crippen molar-refractivity contribution < 1.29 is 0 Å². The van der Waals surface area contributed by atoms with Gasteiger partial charge in [-0.05, 0) is 13.8 Å². The van der Waals surface area contributed by atoms with E-state index in [2.05, 4.69) is 24.8 Å². The Hall–Kier alpha value is -0.460. The van der Waals surface area contributed by atoms with E-state index in [4.69, 9.17) is 0 Å². The van der Waals surface area contributed by atoms with E-state index < -0.39 is 0 Å². The van der Waals surface area contributed by atoms with Crippen molar-refractivity contribution in [3.8, 4) is 0 Å². The summed E-state index contributed by atoms with van der Waals surface area (Å²) < 4.78 is 0. The van der Waals surface area contributed by atoms with E-state index in [0.717, 1.165) is 0 Å². The average molecular weight is 111 g/mol. The van der Waals surface area contributed by atoms with Gasteiger partial charge in [0.2, 0.25) is 0 Å². The lowest BCUT2D eigenvalue weighted by Gasteiger charge is -2.15. The van der Waals surface area contributed by atoms with Crippen molar-refractivity contribution in [2.24, 2.45) is 0 Å². The minimum atomic E-state index is 1.17. The molecule has 0 aromatic rings. The second-order valence-corrected chi connectivity index (χ2v) is 2.07. The van der Waals surface area contributed by atoms with Crippen LogP contribution in [0.25, 0.3) is 0 Å². The molecule has 0 unspecified atom stereocenters. The predicted octanol–water partition coefficient (Wildman–Crippen LogP) is 1.62. The first-order chi connectivity index (χ1) is 3.88. The molecule has 1 rings (SSSR count). The molecule has 0 heterocycles. The Morgan fingerprint density at radius 3 is 2.12 bits per heavy atom. The van der Waals surface area contributed by atoms with Gasteiger partial charge in [0.15, 0.2) is 0 Å². The monoisotopic (exact) mass is 111 g/mol. The zero-order valence-corrected chi connectivity index (χ0v) is 5.65. The summed E-state index contributed by atoms with van der Waals surface area (Å²) in [6.07, 6.45) is 3.51. The van der Waals surface area contributed by atoms with E-state index in [1.54, 1.807) is 0 Å². The highest BCUT2D eigenvalue weighted by atomic mass is 15.1. The van der Waals surface area contributed by atoms with Gasteiger partial charge in [-0.3, -0.25) is 0 Å². The fourth-order valence-corrected chi connectivity index (χ4v) is 0.934. The fourth-order valence-electron chi connectivity index (χ4n) is 0.934. The van der Waals surface area contributed by atoms with E-state index in [-0.39, 0.29) is 0 Å². The van der Waals surface area contributed by atoms with Crippen LogP contribution >= 0.6 is 0 Å². The maximum absolute atomic E-state index is 2.39. The Morgan fingerprint density at radius 1 is 1.50 bits per heavy atom. The molecule has 0 saturated carbocycles. The van der Waals surface area contributed by atoms with Gasteiger partial charge >= 0.3 is 0 Å². The maximum atomic E-state index is 2.39. The number of allylic oxidation sites excluding steroid dienone is 2. The van der Waals surface area contributed by atoms with Crippen molar-refractivity contribution in [2.45, 2.75) is 20.3 Å². The molecular formula is C7H13N. The molecule has 1 heteroatoms. The van der Waals surface area contributed by atoms with Crippen molar-refractivity contribution in [3.05, 3.63) is 11.8 Å².